The van der Waals surface area contributed by atoms with Crippen molar-refractivity contribution in [1.29, 1.82) is 0 Å². The monoisotopic (exact) mass is 256 g/mol. The molecule has 0 saturated heterocycles. The number of fused-ring (bicyclic) bond motifs is 3. The van der Waals surface area contributed by atoms with Gasteiger partial charge in [-0.05, 0) is 43.9 Å². The molecule has 0 aromatic rings. The van der Waals surface area contributed by atoms with E-state index in [1.165, 1.54) is 19.3 Å². The lowest BCUT2D eigenvalue weighted by molar-refractivity contribution is 0.0917. The van der Waals surface area contributed by atoms with Gasteiger partial charge < -0.3 is 0 Å². The van der Waals surface area contributed by atoms with Gasteiger partial charge in [0.15, 0.2) is 0 Å². The second kappa shape index (κ2) is 3.04. The molecule has 0 spiro atoms. The van der Waals surface area contributed by atoms with Crippen molar-refractivity contribution in [3.8, 4) is 0 Å². The molecule has 0 amide bonds. The van der Waals surface area contributed by atoms with E-state index in [0.717, 1.165) is 19.3 Å². The maximum atomic E-state index is 6.21. The van der Waals surface area contributed by atoms with Gasteiger partial charge in [0, 0.05) is 5.04 Å². The van der Waals surface area contributed by atoms with E-state index >= 15 is 0 Å². The van der Waals surface area contributed by atoms with E-state index in [4.69, 9.17) is 33.2 Å². The van der Waals surface area contributed by atoms with Crippen LogP contribution >= 0.6 is 33.2 Å². The second-order valence-corrected chi connectivity index (χ2v) is 14.0. The summed E-state index contributed by atoms with van der Waals surface area (Å²) < 4.78 is 0. The molecule has 3 aliphatic carbocycles. The predicted molar refractivity (Wildman–Crippen MR) is 61.8 cm³/mol. The number of rotatable bonds is 1. The molecule has 76 valence electrons. The summed E-state index contributed by atoms with van der Waals surface area (Å²) in [7, 11) is 0. The van der Waals surface area contributed by atoms with Gasteiger partial charge in [-0.25, -0.2) is 0 Å². The minimum absolute atomic E-state index is 0.134. The van der Waals surface area contributed by atoms with Crippen molar-refractivity contribution in [2.75, 3.05) is 0 Å². The van der Waals surface area contributed by atoms with Crippen LogP contribution in [-0.4, -0.2) is 6.00 Å². The summed E-state index contributed by atoms with van der Waals surface area (Å²) in [6.45, 7) is 2.38. The number of hydrogen-bond acceptors (Lipinski definition) is 0. The molecule has 3 rings (SSSR count). The van der Waals surface area contributed by atoms with E-state index in [9.17, 15) is 0 Å². The lowest BCUT2D eigenvalue weighted by Gasteiger charge is -2.54. The van der Waals surface area contributed by atoms with Crippen LogP contribution in [0.25, 0.3) is 0 Å². The van der Waals surface area contributed by atoms with Crippen LogP contribution in [0.3, 0.4) is 0 Å². The molecule has 2 bridgehead atoms. The minimum Gasteiger partial charge on any atom is -0.125 e. The van der Waals surface area contributed by atoms with Crippen molar-refractivity contribution < 1.29 is 0 Å². The van der Waals surface area contributed by atoms with Gasteiger partial charge in [0.25, 0.3) is 0 Å². The first-order valence-electron chi connectivity index (χ1n) is 4.94. The highest BCUT2D eigenvalue weighted by Gasteiger charge is 2.57. The van der Waals surface area contributed by atoms with Gasteiger partial charge in [0.2, 0.25) is 0 Å². The Balaban J connectivity index is 2.20. The molecule has 3 aliphatic rings. The molecule has 0 heterocycles. The van der Waals surface area contributed by atoms with Crippen LogP contribution in [-0.2, 0) is 0 Å². The molecule has 0 nitrogen and oxygen atoms in total. The molecule has 0 aromatic heterocycles. The maximum absolute atomic E-state index is 6.21. The Bertz CT molecular complexity index is 197. The van der Waals surface area contributed by atoms with E-state index in [-0.39, 0.29) is 5.04 Å². The average molecular weight is 258 g/mol. The third-order valence-electron chi connectivity index (χ3n) is 4.22. The lowest BCUT2D eigenvalue weighted by atomic mass is 9.61. The van der Waals surface area contributed by atoms with Crippen molar-refractivity contribution in [2.45, 2.75) is 50.5 Å². The van der Waals surface area contributed by atoms with Gasteiger partial charge in [-0.3, -0.25) is 0 Å². The lowest BCUT2D eigenvalue weighted by Crippen LogP contribution is -2.44. The summed E-state index contributed by atoms with van der Waals surface area (Å²) in [6, 6.07) is -2.48. The topological polar surface area (TPSA) is 0 Å². The Morgan fingerprint density at radius 3 is 1.54 bits per heavy atom. The van der Waals surface area contributed by atoms with Crippen LogP contribution in [0.15, 0.2) is 0 Å². The second-order valence-electron chi connectivity index (χ2n) is 5.09. The number of hydrogen-bond donors (Lipinski definition) is 0. The van der Waals surface area contributed by atoms with Crippen molar-refractivity contribution in [2.24, 2.45) is 5.41 Å². The summed E-state index contributed by atoms with van der Waals surface area (Å²) in [5, 5.41) is 0.134. The van der Waals surface area contributed by atoms with Crippen molar-refractivity contribution in [3.05, 3.63) is 0 Å². The first kappa shape index (κ1) is 10.6. The fourth-order valence-corrected chi connectivity index (χ4v) is 6.58. The maximum Gasteiger partial charge on any atom is 0.347 e. The van der Waals surface area contributed by atoms with Gasteiger partial charge in [-0.1, -0.05) is 6.92 Å². The highest BCUT2D eigenvalue weighted by molar-refractivity contribution is 7.65. The molecule has 13 heavy (non-hydrogen) atoms. The van der Waals surface area contributed by atoms with E-state index in [0.29, 0.717) is 5.41 Å². The van der Waals surface area contributed by atoms with E-state index in [1.807, 2.05) is 0 Å². The van der Waals surface area contributed by atoms with Gasteiger partial charge in [0.05, 0.1) is 0 Å². The summed E-state index contributed by atoms with van der Waals surface area (Å²) in [5.74, 6) is 0. The van der Waals surface area contributed by atoms with Gasteiger partial charge in [-0.2, -0.15) is 0 Å². The molecule has 0 radical (unpaired) electrons. The van der Waals surface area contributed by atoms with Crippen molar-refractivity contribution >= 4 is 39.2 Å². The zero-order valence-electron chi connectivity index (χ0n) is 7.88. The average Bonchev–Trinajstić information content (AvgIpc) is 2.04. The summed E-state index contributed by atoms with van der Waals surface area (Å²) in [5.41, 5.74) is 0.575. The normalized spacial score (nSPS) is 45.2. The summed E-state index contributed by atoms with van der Waals surface area (Å²) in [6.07, 6.45) is 7.29. The predicted octanol–water partition coefficient (Wildman–Crippen LogP) is 4.76. The fourth-order valence-electron chi connectivity index (χ4n) is 2.80. The SMILES string of the molecule is CC12CCC([Si](Cl)(Cl)Cl)(CC1)CC2. The molecule has 0 N–H and O–H groups in total. The molecule has 4 heteroatoms. The molecule has 0 aliphatic heterocycles. The molecular formula is C9H15Cl3Si. The van der Waals surface area contributed by atoms with Crippen LogP contribution in [0.2, 0.25) is 5.04 Å². The van der Waals surface area contributed by atoms with Crippen LogP contribution in [0, 0.1) is 5.41 Å². The molecular weight excluding hydrogens is 243 g/mol. The molecule has 0 unspecified atom stereocenters. The standard InChI is InChI=1S/C9H15Cl3Si/c1-8-2-5-9(6-3-8,7-4-8)13(10,11)12/h2-7H2,1H3. The first-order chi connectivity index (χ1) is 5.87. The molecule has 3 saturated carbocycles. The van der Waals surface area contributed by atoms with Crippen LogP contribution in [0.5, 0.6) is 0 Å². The van der Waals surface area contributed by atoms with E-state index in [2.05, 4.69) is 6.92 Å². The third kappa shape index (κ3) is 1.66. The Morgan fingerprint density at radius 2 is 1.23 bits per heavy atom. The highest BCUT2D eigenvalue weighted by atomic mass is 35.8. The van der Waals surface area contributed by atoms with Gasteiger partial charge >= 0.3 is 6.00 Å². The van der Waals surface area contributed by atoms with Crippen molar-refractivity contribution in [3.63, 3.8) is 0 Å². The third-order valence-corrected chi connectivity index (χ3v) is 9.78. The Morgan fingerprint density at radius 1 is 0.846 bits per heavy atom. The van der Waals surface area contributed by atoms with Crippen LogP contribution in [0.1, 0.15) is 45.4 Å². The number of halogens is 3. The Hall–Kier alpha value is 1.09. The summed E-state index contributed by atoms with van der Waals surface area (Å²) in [4.78, 5) is 0. The van der Waals surface area contributed by atoms with Gasteiger partial charge in [-0.15, -0.1) is 33.2 Å². The molecule has 0 atom stereocenters. The zero-order chi connectivity index (χ0) is 9.74. The van der Waals surface area contributed by atoms with E-state index < -0.39 is 6.00 Å². The highest BCUT2D eigenvalue weighted by Crippen LogP contribution is 2.67. The van der Waals surface area contributed by atoms with Crippen LogP contribution < -0.4 is 0 Å². The largest absolute Gasteiger partial charge is 0.347 e. The Labute approximate surface area is 95.1 Å². The minimum atomic E-state index is -2.48. The van der Waals surface area contributed by atoms with Gasteiger partial charge in [0.1, 0.15) is 0 Å². The van der Waals surface area contributed by atoms with Crippen molar-refractivity contribution in [1.82, 2.24) is 0 Å². The summed E-state index contributed by atoms with van der Waals surface area (Å²) >= 11 is 18.6. The molecule has 3 fully saturated rings. The Kier molecular flexibility index (Phi) is 2.48. The van der Waals surface area contributed by atoms with E-state index in [1.54, 1.807) is 0 Å². The quantitative estimate of drug-likeness (QED) is 0.469. The smallest absolute Gasteiger partial charge is 0.125 e. The first-order valence-corrected chi connectivity index (χ1v) is 9.97. The zero-order valence-corrected chi connectivity index (χ0v) is 11.1. The fraction of sp³-hybridized carbons (Fsp3) is 1.00. The molecule has 0 aromatic carbocycles. The van der Waals surface area contributed by atoms with Crippen LogP contribution in [0.4, 0.5) is 0 Å².